The minimum Gasteiger partial charge on any atom is -0.487 e. The normalized spacial score (nSPS) is 13.1. The number of hydrogen-bond acceptors (Lipinski definition) is 7. The van der Waals surface area contributed by atoms with Crippen LogP contribution >= 0.6 is 0 Å². The maximum atomic E-state index is 6.08. The number of fused-ring (bicyclic) bond motifs is 1. The van der Waals surface area contributed by atoms with Crippen LogP contribution < -0.4 is 15.8 Å². The van der Waals surface area contributed by atoms with Gasteiger partial charge in [-0.2, -0.15) is 10.2 Å². The summed E-state index contributed by atoms with van der Waals surface area (Å²) in [6.45, 7) is 6.05. The van der Waals surface area contributed by atoms with Gasteiger partial charge >= 0.3 is 0 Å². The second-order valence-electron chi connectivity index (χ2n) is 10.0. The Morgan fingerprint density at radius 2 is 1.84 bits per heavy atom. The lowest BCUT2D eigenvalue weighted by Crippen LogP contribution is -2.07. The molecule has 0 atom stereocenters. The third-order valence-electron chi connectivity index (χ3n) is 7.22. The van der Waals surface area contributed by atoms with Crippen molar-refractivity contribution in [3.8, 4) is 5.75 Å². The summed E-state index contributed by atoms with van der Waals surface area (Å²) in [5.41, 5.74) is 13.2. The molecule has 38 heavy (non-hydrogen) atoms. The molecule has 5 aromatic rings. The van der Waals surface area contributed by atoms with Gasteiger partial charge in [0.25, 0.3) is 0 Å². The molecule has 192 valence electrons. The first-order valence-corrected chi connectivity index (χ1v) is 13.0. The zero-order chi connectivity index (χ0) is 26.1. The number of rotatable bonds is 9. The van der Waals surface area contributed by atoms with Crippen molar-refractivity contribution in [2.75, 3.05) is 11.1 Å². The molecule has 0 saturated heterocycles. The number of benzene rings is 2. The van der Waals surface area contributed by atoms with Crippen LogP contribution in [0.5, 0.6) is 5.75 Å². The van der Waals surface area contributed by atoms with Crippen LogP contribution in [-0.2, 0) is 19.7 Å². The number of ether oxygens (including phenoxy) is 1. The highest BCUT2D eigenvalue weighted by molar-refractivity contribution is 5.94. The molecule has 0 aliphatic heterocycles. The van der Waals surface area contributed by atoms with Gasteiger partial charge < -0.3 is 15.8 Å². The second-order valence-corrected chi connectivity index (χ2v) is 10.0. The predicted molar refractivity (Wildman–Crippen MR) is 149 cm³/mol. The van der Waals surface area contributed by atoms with E-state index in [4.69, 9.17) is 15.6 Å². The number of anilines is 2. The molecule has 3 N–H and O–H groups in total. The summed E-state index contributed by atoms with van der Waals surface area (Å²) in [4.78, 5) is 4.22. The minimum absolute atomic E-state index is 0.456. The number of nitrogens with two attached hydrogens (primary N) is 1. The van der Waals surface area contributed by atoms with Crippen LogP contribution in [0.2, 0.25) is 0 Å². The molecule has 3 heterocycles. The zero-order valence-electron chi connectivity index (χ0n) is 21.7. The topological polar surface area (TPSA) is 104 Å². The fourth-order valence-electron chi connectivity index (χ4n) is 4.85. The summed E-state index contributed by atoms with van der Waals surface area (Å²) in [6.07, 6.45) is 8.00. The summed E-state index contributed by atoms with van der Waals surface area (Å²) < 4.78 is 8.03. The van der Waals surface area contributed by atoms with Gasteiger partial charge in [0.2, 0.25) is 0 Å². The summed E-state index contributed by atoms with van der Waals surface area (Å²) in [7, 11) is 0. The third kappa shape index (κ3) is 5.16. The maximum absolute atomic E-state index is 6.08. The number of aryl methyl sites for hydroxylation is 2. The molecule has 1 aliphatic rings. The van der Waals surface area contributed by atoms with Crippen LogP contribution in [0.15, 0.2) is 67.1 Å². The van der Waals surface area contributed by atoms with Crippen molar-refractivity contribution in [3.05, 3.63) is 101 Å². The summed E-state index contributed by atoms with van der Waals surface area (Å²) >= 11 is 0. The van der Waals surface area contributed by atoms with Gasteiger partial charge in [0.1, 0.15) is 18.2 Å². The number of pyridine rings is 1. The van der Waals surface area contributed by atoms with E-state index in [1.165, 1.54) is 35.2 Å². The Balaban J connectivity index is 1.06. The van der Waals surface area contributed by atoms with Crippen molar-refractivity contribution in [2.24, 2.45) is 0 Å². The van der Waals surface area contributed by atoms with Gasteiger partial charge in [0.05, 0.1) is 18.4 Å². The SMILES string of the molecule is Cc1cc2c(N)nccc2c(C)c1CNc1cc(OCc2ccc(Cn3ccc(C4CC4)n3)cc2)cnn1. The molecule has 8 nitrogen and oxygen atoms in total. The van der Waals surface area contributed by atoms with Gasteiger partial charge in [-0.1, -0.05) is 24.3 Å². The molecule has 0 bridgehead atoms. The Morgan fingerprint density at radius 1 is 1.03 bits per heavy atom. The smallest absolute Gasteiger partial charge is 0.152 e. The molecule has 1 saturated carbocycles. The highest BCUT2D eigenvalue weighted by Crippen LogP contribution is 2.38. The Hall–Kier alpha value is -4.46. The summed E-state index contributed by atoms with van der Waals surface area (Å²) in [6, 6.07) is 16.6. The van der Waals surface area contributed by atoms with Crippen LogP contribution in [-0.4, -0.2) is 25.0 Å². The van der Waals surface area contributed by atoms with E-state index in [9.17, 15) is 0 Å². The molecular weight excluding hydrogens is 474 g/mol. The Labute approximate surface area is 221 Å². The molecule has 0 unspecified atom stereocenters. The van der Waals surface area contributed by atoms with E-state index in [0.717, 1.165) is 28.4 Å². The number of nitrogen functional groups attached to an aromatic ring is 1. The number of aromatic nitrogens is 5. The summed E-state index contributed by atoms with van der Waals surface area (Å²) in [5.74, 6) is 2.56. The maximum Gasteiger partial charge on any atom is 0.152 e. The quantitative estimate of drug-likeness (QED) is 0.271. The van der Waals surface area contributed by atoms with Crippen molar-refractivity contribution < 1.29 is 4.74 Å². The third-order valence-corrected chi connectivity index (χ3v) is 7.22. The average Bonchev–Trinajstić information content (AvgIpc) is 3.68. The van der Waals surface area contributed by atoms with E-state index >= 15 is 0 Å². The molecule has 1 aliphatic carbocycles. The standard InChI is InChI=1S/C30H31N7O/c1-19-13-26-25(9-11-32-30(26)31)20(2)27(19)16-33-29-14-24(15-34-35-29)38-18-22-5-3-21(4-6-22)17-37-12-10-28(36-37)23-7-8-23/h3-6,9-15,23H,7-8,16-18H2,1-2H3,(H2,31,32)(H,33,35). The van der Waals surface area contributed by atoms with E-state index < -0.39 is 0 Å². The molecule has 8 heteroatoms. The van der Waals surface area contributed by atoms with E-state index in [2.05, 4.69) is 76.9 Å². The van der Waals surface area contributed by atoms with Gasteiger partial charge in [0.15, 0.2) is 5.82 Å². The van der Waals surface area contributed by atoms with E-state index in [-0.39, 0.29) is 0 Å². The van der Waals surface area contributed by atoms with Gasteiger partial charge in [-0.15, -0.1) is 5.10 Å². The van der Waals surface area contributed by atoms with Gasteiger partial charge in [-0.25, -0.2) is 4.98 Å². The van der Waals surface area contributed by atoms with Crippen LogP contribution in [0, 0.1) is 13.8 Å². The molecule has 0 amide bonds. The van der Waals surface area contributed by atoms with Crippen molar-refractivity contribution in [1.82, 2.24) is 25.0 Å². The van der Waals surface area contributed by atoms with Crippen molar-refractivity contribution in [2.45, 2.75) is 52.3 Å². The predicted octanol–water partition coefficient (Wildman–Crippen LogP) is 5.54. The lowest BCUT2D eigenvalue weighted by molar-refractivity contribution is 0.304. The Morgan fingerprint density at radius 3 is 2.66 bits per heavy atom. The fourth-order valence-corrected chi connectivity index (χ4v) is 4.85. The van der Waals surface area contributed by atoms with E-state index in [0.29, 0.717) is 36.5 Å². The van der Waals surface area contributed by atoms with Crippen LogP contribution in [0.1, 0.15) is 52.3 Å². The monoisotopic (exact) mass is 505 g/mol. The lowest BCUT2D eigenvalue weighted by atomic mass is 9.96. The molecular formula is C30H31N7O. The van der Waals surface area contributed by atoms with Crippen LogP contribution in [0.3, 0.4) is 0 Å². The first kappa shape index (κ1) is 23.9. The van der Waals surface area contributed by atoms with E-state index in [1.807, 2.05) is 16.8 Å². The van der Waals surface area contributed by atoms with Crippen molar-refractivity contribution in [1.29, 1.82) is 0 Å². The van der Waals surface area contributed by atoms with Gasteiger partial charge in [-0.05, 0) is 78.1 Å². The van der Waals surface area contributed by atoms with E-state index in [1.54, 1.807) is 12.4 Å². The van der Waals surface area contributed by atoms with Gasteiger partial charge in [0, 0.05) is 36.3 Å². The van der Waals surface area contributed by atoms with Crippen molar-refractivity contribution >= 4 is 22.4 Å². The first-order chi connectivity index (χ1) is 18.5. The Kier molecular flexibility index (Phi) is 6.37. The largest absolute Gasteiger partial charge is 0.487 e. The molecule has 1 fully saturated rings. The highest BCUT2D eigenvalue weighted by atomic mass is 16.5. The molecule has 0 radical (unpaired) electrons. The molecule has 6 rings (SSSR count). The lowest BCUT2D eigenvalue weighted by Gasteiger charge is -2.15. The highest BCUT2D eigenvalue weighted by Gasteiger charge is 2.25. The first-order valence-electron chi connectivity index (χ1n) is 13.0. The Bertz CT molecular complexity index is 1590. The van der Waals surface area contributed by atoms with Crippen LogP contribution in [0.25, 0.3) is 10.8 Å². The van der Waals surface area contributed by atoms with Gasteiger partial charge in [-0.3, -0.25) is 4.68 Å². The molecule has 2 aromatic carbocycles. The zero-order valence-corrected chi connectivity index (χ0v) is 21.7. The summed E-state index contributed by atoms with van der Waals surface area (Å²) in [5, 5.41) is 18.5. The second kappa shape index (κ2) is 10.1. The number of nitrogens with one attached hydrogen (secondary N) is 1. The minimum atomic E-state index is 0.456. The number of nitrogens with zero attached hydrogens (tertiary/aromatic N) is 5. The van der Waals surface area contributed by atoms with Crippen molar-refractivity contribution in [3.63, 3.8) is 0 Å². The molecule has 3 aromatic heterocycles. The number of hydrogen-bond donors (Lipinski definition) is 2. The average molecular weight is 506 g/mol. The molecule has 0 spiro atoms. The van der Waals surface area contributed by atoms with Crippen LogP contribution in [0.4, 0.5) is 11.6 Å². The fraction of sp³-hybridized carbons (Fsp3) is 0.267.